The Morgan fingerprint density at radius 2 is 2.11 bits per heavy atom. The third-order valence-corrected chi connectivity index (χ3v) is 5.33. The quantitative estimate of drug-likeness (QED) is 0.267. The van der Waals surface area contributed by atoms with E-state index in [9.17, 15) is 4.79 Å². The van der Waals surface area contributed by atoms with Crippen LogP contribution in [0.2, 0.25) is 0 Å². The van der Waals surface area contributed by atoms with Gasteiger partial charge < -0.3 is 20.1 Å². The van der Waals surface area contributed by atoms with Crippen molar-refractivity contribution in [1.29, 1.82) is 0 Å². The van der Waals surface area contributed by atoms with E-state index in [1.165, 1.54) is 19.3 Å². The molecule has 2 aliphatic rings. The summed E-state index contributed by atoms with van der Waals surface area (Å²) < 4.78 is 2.31. The lowest BCUT2D eigenvalue weighted by atomic mass is 10.1. The third-order valence-electron chi connectivity index (χ3n) is 5.33. The Balaban J connectivity index is 0.00000280. The van der Waals surface area contributed by atoms with Crippen molar-refractivity contribution in [3.8, 4) is 0 Å². The average Bonchev–Trinajstić information content (AvgIpc) is 2.88. The highest BCUT2D eigenvalue weighted by atomic mass is 127. The molecule has 0 aromatic carbocycles. The van der Waals surface area contributed by atoms with Gasteiger partial charge in [-0.1, -0.05) is 6.42 Å². The van der Waals surface area contributed by atoms with Gasteiger partial charge in [-0.15, -0.1) is 34.2 Å². The SMILES string of the molecule is CCNC(=NCCCc1nnc2n1CCCCC2)NC1CCC(=O)N(C)C1.I. The molecule has 1 aromatic heterocycles. The number of carbonyl (C=O) groups is 1. The Kier molecular flexibility index (Phi) is 9.46. The number of carbonyl (C=O) groups excluding carboxylic acids is 1. The maximum absolute atomic E-state index is 11.6. The van der Waals surface area contributed by atoms with E-state index in [1.54, 1.807) is 4.90 Å². The van der Waals surface area contributed by atoms with Gasteiger partial charge in [0.05, 0.1) is 0 Å². The number of aliphatic imine (C=N–C) groups is 1. The zero-order chi connectivity index (χ0) is 19.1. The van der Waals surface area contributed by atoms with E-state index in [4.69, 9.17) is 4.99 Å². The zero-order valence-corrected chi connectivity index (χ0v) is 19.4. The molecule has 1 amide bonds. The van der Waals surface area contributed by atoms with Crippen molar-refractivity contribution in [2.45, 2.75) is 70.9 Å². The van der Waals surface area contributed by atoms with E-state index in [2.05, 4.69) is 32.3 Å². The van der Waals surface area contributed by atoms with Crippen LogP contribution in [0.3, 0.4) is 0 Å². The number of guanidine groups is 1. The predicted molar refractivity (Wildman–Crippen MR) is 121 cm³/mol. The Bertz CT molecular complexity index is 661. The zero-order valence-electron chi connectivity index (χ0n) is 17.1. The molecule has 2 N–H and O–H groups in total. The number of hydrogen-bond donors (Lipinski definition) is 2. The molecule has 158 valence electrons. The van der Waals surface area contributed by atoms with Gasteiger partial charge in [-0.2, -0.15) is 0 Å². The first-order chi connectivity index (χ1) is 13.2. The number of aromatic nitrogens is 3. The number of amides is 1. The van der Waals surface area contributed by atoms with E-state index in [1.807, 2.05) is 7.05 Å². The highest BCUT2D eigenvalue weighted by Gasteiger charge is 2.23. The number of likely N-dealkylation sites (N-methyl/N-ethyl adjacent to an activating group) is 1. The molecule has 8 nitrogen and oxygen atoms in total. The molecule has 2 aliphatic heterocycles. The molecule has 1 unspecified atom stereocenters. The lowest BCUT2D eigenvalue weighted by molar-refractivity contribution is -0.132. The summed E-state index contributed by atoms with van der Waals surface area (Å²) in [5.41, 5.74) is 0. The van der Waals surface area contributed by atoms with Gasteiger partial charge in [0.15, 0.2) is 5.96 Å². The van der Waals surface area contributed by atoms with Crippen molar-refractivity contribution in [1.82, 2.24) is 30.3 Å². The maximum Gasteiger partial charge on any atom is 0.222 e. The first kappa shape index (κ1) is 22.9. The molecule has 28 heavy (non-hydrogen) atoms. The van der Waals surface area contributed by atoms with Crippen LogP contribution in [0.15, 0.2) is 4.99 Å². The monoisotopic (exact) mass is 503 g/mol. The molecular formula is C19H34IN7O. The first-order valence-corrected chi connectivity index (χ1v) is 10.4. The Morgan fingerprint density at radius 1 is 1.25 bits per heavy atom. The fourth-order valence-electron chi connectivity index (χ4n) is 3.80. The largest absolute Gasteiger partial charge is 0.357 e. The minimum atomic E-state index is 0. The topological polar surface area (TPSA) is 87.4 Å². The highest BCUT2D eigenvalue weighted by molar-refractivity contribution is 14.0. The number of rotatable bonds is 6. The smallest absolute Gasteiger partial charge is 0.222 e. The number of nitrogens with zero attached hydrogens (tertiary/aromatic N) is 5. The van der Waals surface area contributed by atoms with Crippen molar-refractivity contribution in [2.24, 2.45) is 4.99 Å². The van der Waals surface area contributed by atoms with Gasteiger partial charge >= 0.3 is 0 Å². The molecule has 1 saturated heterocycles. The molecule has 1 atom stereocenters. The molecule has 3 rings (SSSR count). The summed E-state index contributed by atoms with van der Waals surface area (Å²) in [6.07, 6.45) is 8.12. The first-order valence-electron chi connectivity index (χ1n) is 10.4. The van der Waals surface area contributed by atoms with Crippen LogP contribution in [-0.4, -0.2) is 64.3 Å². The average molecular weight is 503 g/mol. The summed E-state index contributed by atoms with van der Waals surface area (Å²) >= 11 is 0. The second kappa shape index (κ2) is 11.6. The summed E-state index contributed by atoms with van der Waals surface area (Å²) in [4.78, 5) is 18.1. The molecule has 0 radical (unpaired) electrons. The molecule has 0 spiro atoms. The second-order valence-corrected chi connectivity index (χ2v) is 7.51. The van der Waals surface area contributed by atoms with Crippen LogP contribution in [0.1, 0.15) is 57.1 Å². The summed E-state index contributed by atoms with van der Waals surface area (Å²) in [5, 5.41) is 15.5. The van der Waals surface area contributed by atoms with Crippen LogP contribution in [0.25, 0.3) is 0 Å². The third kappa shape index (κ3) is 6.31. The van der Waals surface area contributed by atoms with Crippen molar-refractivity contribution in [2.75, 3.05) is 26.7 Å². The van der Waals surface area contributed by atoms with Crippen molar-refractivity contribution in [3.05, 3.63) is 11.6 Å². The van der Waals surface area contributed by atoms with Gasteiger partial charge in [0, 0.05) is 58.5 Å². The fourth-order valence-corrected chi connectivity index (χ4v) is 3.80. The Hall–Kier alpha value is -1.39. The van der Waals surface area contributed by atoms with E-state index in [0.717, 1.165) is 69.5 Å². The minimum Gasteiger partial charge on any atom is -0.357 e. The van der Waals surface area contributed by atoms with Crippen LogP contribution < -0.4 is 10.6 Å². The van der Waals surface area contributed by atoms with Crippen molar-refractivity contribution < 1.29 is 4.79 Å². The Morgan fingerprint density at radius 3 is 2.89 bits per heavy atom. The summed E-state index contributed by atoms with van der Waals surface area (Å²) in [7, 11) is 1.86. The molecule has 0 aliphatic carbocycles. The molecule has 1 fully saturated rings. The lowest BCUT2D eigenvalue weighted by Crippen LogP contribution is -2.51. The number of fused-ring (bicyclic) bond motifs is 1. The molecule has 3 heterocycles. The van der Waals surface area contributed by atoms with Gasteiger partial charge in [0.2, 0.25) is 5.91 Å². The predicted octanol–water partition coefficient (Wildman–Crippen LogP) is 1.73. The van der Waals surface area contributed by atoms with E-state index < -0.39 is 0 Å². The number of halogens is 1. The van der Waals surface area contributed by atoms with Crippen LogP contribution in [-0.2, 0) is 24.2 Å². The second-order valence-electron chi connectivity index (χ2n) is 7.51. The van der Waals surface area contributed by atoms with Crippen LogP contribution >= 0.6 is 24.0 Å². The maximum atomic E-state index is 11.6. The van der Waals surface area contributed by atoms with Gasteiger partial charge in [-0.3, -0.25) is 9.79 Å². The molecule has 1 aromatic rings. The number of nitrogens with one attached hydrogen (secondary N) is 2. The van der Waals surface area contributed by atoms with Gasteiger partial charge in [0.1, 0.15) is 11.6 Å². The summed E-state index contributed by atoms with van der Waals surface area (Å²) in [6, 6.07) is 0.262. The van der Waals surface area contributed by atoms with Crippen molar-refractivity contribution in [3.63, 3.8) is 0 Å². The summed E-state index contributed by atoms with van der Waals surface area (Å²) in [6.45, 7) is 5.43. The van der Waals surface area contributed by atoms with Crippen LogP contribution in [0, 0.1) is 0 Å². The molecule has 0 saturated carbocycles. The number of hydrogen-bond acceptors (Lipinski definition) is 4. The molecular weight excluding hydrogens is 469 g/mol. The lowest BCUT2D eigenvalue weighted by Gasteiger charge is -2.31. The minimum absolute atomic E-state index is 0. The normalized spacial score (nSPS) is 20.2. The van der Waals surface area contributed by atoms with Gasteiger partial charge in [-0.05, 0) is 32.6 Å². The van der Waals surface area contributed by atoms with E-state index in [-0.39, 0.29) is 35.9 Å². The highest BCUT2D eigenvalue weighted by Crippen LogP contribution is 2.15. The number of likely N-dealkylation sites (tertiary alicyclic amines) is 1. The van der Waals surface area contributed by atoms with Gasteiger partial charge in [0.25, 0.3) is 0 Å². The summed E-state index contributed by atoms with van der Waals surface area (Å²) in [5.74, 6) is 3.32. The van der Waals surface area contributed by atoms with Gasteiger partial charge in [-0.25, -0.2) is 0 Å². The Labute approximate surface area is 185 Å². The molecule has 9 heteroatoms. The number of piperidine rings is 1. The van der Waals surface area contributed by atoms with Crippen LogP contribution in [0.5, 0.6) is 0 Å². The fraction of sp³-hybridized carbons (Fsp3) is 0.789. The van der Waals surface area contributed by atoms with Crippen molar-refractivity contribution >= 4 is 35.8 Å². The van der Waals surface area contributed by atoms with E-state index >= 15 is 0 Å². The number of aryl methyl sites for hydroxylation is 2. The van der Waals surface area contributed by atoms with Crippen LogP contribution in [0.4, 0.5) is 0 Å². The molecule has 0 bridgehead atoms. The standard InChI is InChI=1S/C19H33N7O.HI/c1-3-20-19(22-15-10-11-18(27)25(2)14-15)21-12-7-9-17-24-23-16-8-5-4-6-13-26(16)17;/h15H,3-14H2,1-2H3,(H2,20,21,22);1H. The van der Waals surface area contributed by atoms with E-state index in [0.29, 0.717) is 6.42 Å².